The fraction of sp³-hybridized carbons (Fsp3) is 0.562. The SMILES string of the molecule is C=CC[C@@H]1O[C@@H](C[C@H](O[Si](c2ccccc2)(c2ccccc2)C(C)(C)C)[C@@H](OCOC)[C@H](C)CI)C[C@@H]1C. The number of methoxy groups -OCH3 is 1. The largest absolute Gasteiger partial charge is 0.402 e. The molecule has 6 atom stereocenters. The zero-order valence-electron chi connectivity index (χ0n) is 24.1. The molecule has 1 heterocycles. The van der Waals surface area contributed by atoms with Crippen molar-refractivity contribution >= 4 is 41.3 Å². The summed E-state index contributed by atoms with van der Waals surface area (Å²) in [6.07, 6.45) is 4.73. The van der Waals surface area contributed by atoms with Crippen molar-refractivity contribution in [1.29, 1.82) is 0 Å². The van der Waals surface area contributed by atoms with E-state index in [0.29, 0.717) is 5.92 Å². The monoisotopic (exact) mass is 650 g/mol. The van der Waals surface area contributed by atoms with Gasteiger partial charge in [0, 0.05) is 18.0 Å². The third kappa shape index (κ3) is 7.37. The summed E-state index contributed by atoms with van der Waals surface area (Å²) in [5.41, 5.74) is 0. The maximum atomic E-state index is 7.70. The molecule has 0 spiro atoms. The van der Waals surface area contributed by atoms with E-state index in [2.05, 4.69) is 124 Å². The summed E-state index contributed by atoms with van der Waals surface area (Å²) in [6, 6.07) is 21.7. The second-order valence-corrected chi connectivity index (χ2v) is 16.9. The van der Waals surface area contributed by atoms with Crippen molar-refractivity contribution in [1.82, 2.24) is 0 Å². The van der Waals surface area contributed by atoms with E-state index in [4.69, 9.17) is 18.6 Å². The molecule has 0 aliphatic carbocycles. The number of rotatable bonds is 14. The Morgan fingerprint density at radius 3 is 2.13 bits per heavy atom. The lowest BCUT2D eigenvalue weighted by molar-refractivity contribution is -0.131. The molecule has 1 saturated heterocycles. The number of halogens is 1. The molecule has 3 rings (SSSR count). The van der Waals surface area contributed by atoms with Gasteiger partial charge in [-0.2, -0.15) is 0 Å². The third-order valence-electron chi connectivity index (χ3n) is 7.82. The van der Waals surface area contributed by atoms with Crippen molar-refractivity contribution in [3.63, 3.8) is 0 Å². The van der Waals surface area contributed by atoms with Crippen LogP contribution in [0.15, 0.2) is 73.3 Å². The third-order valence-corrected chi connectivity index (χ3v) is 14.3. The predicted molar refractivity (Wildman–Crippen MR) is 169 cm³/mol. The Labute approximate surface area is 245 Å². The van der Waals surface area contributed by atoms with E-state index in [1.165, 1.54) is 10.4 Å². The van der Waals surface area contributed by atoms with Gasteiger partial charge >= 0.3 is 0 Å². The minimum atomic E-state index is -2.79. The fourth-order valence-electron chi connectivity index (χ4n) is 5.91. The van der Waals surface area contributed by atoms with E-state index in [1.807, 2.05) is 6.08 Å². The summed E-state index contributed by atoms with van der Waals surface area (Å²) < 4.78 is 27.1. The van der Waals surface area contributed by atoms with Gasteiger partial charge in [-0.25, -0.2) is 0 Å². The lowest BCUT2D eigenvalue weighted by Crippen LogP contribution is -2.69. The molecule has 1 aliphatic rings. The molecular weight excluding hydrogens is 603 g/mol. The first-order valence-corrected chi connectivity index (χ1v) is 17.3. The summed E-state index contributed by atoms with van der Waals surface area (Å²) in [4.78, 5) is 0. The first-order valence-electron chi connectivity index (χ1n) is 13.9. The molecule has 0 radical (unpaired) electrons. The minimum absolute atomic E-state index is 0.119. The van der Waals surface area contributed by atoms with E-state index in [-0.39, 0.29) is 42.2 Å². The first-order chi connectivity index (χ1) is 18.2. The van der Waals surface area contributed by atoms with Gasteiger partial charge in [-0.3, -0.25) is 0 Å². The number of benzene rings is 2. The van der Waals surface area contributed by atoms with Crippen LogP contribution in [0.5, 0.6) is 0 Å². The van der Waals surface area contributed by atoms with E-state index >= 15 is 0 Å². The molecule has 4 nitrogen and oxygen atoms in total. The van der Waals surface area contributed by atoms with Crippen LogP contribution in [0.1, 0.15) is 53.9 Å². The molecule has 0 aromatic heterocycles. The predicted octanol–water partition coefficient (Wildman–Crippen LogP) is 6.75. The average molecular weight is 651 g/mol. The smallest absolute Gasteiger partial charge is 0.261 e. The van der Waals surface area contributed by atoms with Crippen LogP contribution in [0.4, 0.5) is 0 Å². The lowest BCUT2D eigenvalue weighted by atomic mass is 9.94. The van der Waals surface area contributed by atoms with Crippen LogP contribution in [0.2, 0.25) is 5.04 Å². The van der Waals surface area contributed by atoms with Gasteiger partial charge in [-0.15, -0.1) is 6.58 Å². The van der Waals surface area contributed by atoms with Crippen LogP contribution >= 0.6 is 22.6 Å². The van der Waals surface area contributed by atoms with Crippen molar-refractivity contribution in [2.45, 2.75) is 83.3 Å². The zero-order chi connectivity index (χ0) is 27.8. The molecule has 210 valence electrons. The number of hydrogen-bond acceptors (Lipinski definition) is 4. The van der Waals surface area contributed by atoms with Gasteiger partial charge in [-0.1, -0.05) is 124 Å². The van der Waals surface area contributed by atoms with E-state index in [1.54, 1.807) is 7.11 Å². The zero-order valence-corrected chi connectivity index (χ0v) is 27.2. The van der Waals surface area contributed by atoms with Crippen LogP contribution in [-0.4, -0.2) is 51.1 Å². The quantitative estimate of drug-likeness (QED) is 0.0746. The highest BCUT2D eigenvalue weighted by atomic mass is 127. The summed E-state index contributed by atoms with van der Waals surface area (Å²) in [6.45, 7) is 15.7. The Bertz CT molecular complexity index is 925. The summed E-state index contributed by atoms with van der Waals surface area (Å²) in [5.74, 6) is 0.781. The molecule has 38 heavy (non-hydrogen) atoms. The molecular formula is C32H47IO4Si. The van der Waals surface area contributed by atoms with Crippen LogP contribution in [-0.2, 0) is 18.6 Å². The summed E-state index contributed by atoms with van der Waals surface area (Å²) in [5, 5.41) is 2.44. The van der Waals surface area contributed by atoms with Crippen LogP contribution in [0.3, 0.4) is 0 Å². The molecule has 2 aromatic rings. The van der Waals surface area contributed by atoms with Crippen molar-refractivity contribution in [2.75, 3.05) is 18.3 Å². The van der Waals surface area contributed by atoms with E-state index in [0.717, 1.165) is 23.7 Å². The maximum absolute atomic E-state index is 7.70. The van der Waals surface area contributed by atoms with Gasteiger partial charge in [0.2, 0.25) is 0 Å². The van der Waals surface area contributed by atoms with Crippen molar-refractivity contribution in [3.8, 4) is 0 Å². The summed E-state index contributed by atoms with van der Waals surface area (Å²) in [7, 11) is -1.10. The Morgan fingerprint density at radius 1 is 1.08 bits per heavy atom. The van der Waals surface area contributed by atoms with Crippen molar-refractivity contribution in [2.24, 2.45) is 11.8 Å². The fourth-order valence-corrected chi connectivity index (χ4v) is 11.1. The first kappa shape index (κ1) is 31.5. The Morgan fingerprint density at radius 2 is 1.66 bits per heavy atom. The average Bonchev–Trinajstić information content (AvgIpc) is 3.25. The molecule has 0 N–H and O–H groups in total. The van der Waals surface area contributed by atoms with Crippen LogP contribution in [0.25, 0.3) is 0 Å². The second-order valence-electron chi connectivity index (χ2n) is 11.8. The molecule has 1 aliphatic heterocycles. The second kappa shape index (κ2) is 14.6. The molecule has 2 aromatic carbocycles. The van der Waals surface area contributed by atoms with Gasteiger partial charge in [0.05, 0.1) is 24.4 Å². The highest BCUT2D eigenvalue weighted by molar-refractivity contribution is 14.1. The number of alkyl halides is 1. The Hall–Kier alpha value is -1.03. The van der Waals surface area contributed by atoms with Gasteiger partial charge in [0.15, 0.2) is 0 Å². The van der Waals surface area contributed by atoms with Crippen molar-refractivity contribution < 1.29 is 18.6 Å². The normalized spacial score (nSPS) is 22.7. The maximum Gasteiger partial charge on any atom is 0.261 e. The standard InChI is InChI=1S/C32H47IO4Si/c1-8-15-29-24(2)20-26(36-29)21-30(31(25(3)22-33)35-23-34-7)37-38(32(4,5)6,27-16-11-9-12-17-27)28-18-13-10-14-19-28/h8-14,16-19,24-26,29-31H,1,15,20-23H2,2-7H3/t24-,25+,26+,29-,30-,31-/m0/s1. The highest BCUT2D eigenvalue weighted by Crippen LogP contribution is 2.40. The van der Waals surface area contributed by atoms with Gasteiger partial charge < -0.3 is 18.6 Å². The van der Waals surface area contributed by atoms with Gasteiger partial charge in [0.25, 0.3) is 8.32 Å². The molecule has 0 bridgehead atoms. The van der Waals surface area contributed by atoms with Crippen LogP contribution < -0.4 is 10.4 Å². The van der Waals surface area contributed by atoms with E-state index in [9.17, 15) is 0 Å². The minimum Gasteiger partial charge on any atom is -0.402 e. The van der Waals surface area contributed by atoms with Crippen LogP contribution in [0, 0.1) is 11.8 Å². The number of hydrogen-bond donors (Lipinski definition) is 0. The molecule has 0 saturated carbocycles. The highest BCUT2D eigenvalue weighted by Gasteiger charge is 2.53. The Kier molecular flexibility index (Phi) is 12.1. The van der Waals surface area contributed by atoms with Crippen molar-refractivity contribution in [3.05, 3.63) is 73.3 Å². The topological polar surface area (TPSA) is 36.9 Å². The molecule has 6 heteroatoms. The lowest BCUT2D eigenvalue weighted by Gasteiger charge is -2.47. The summed E-state index contributed by atoms with van der Waals surface area (Å²) >= 11 is 2.47. The number of ether oxygens (including phenoxy) is 3. The van der Waals surface area contributed by atoms with Gasteiger partial charge in [-0.05, 0) is 40.1 Å². The molecule has 1 fully saturated rings. The molecule has 0 unspecified atom stereocenters. The Balaban J connectivity index is 2.13. The molecule has 0 amide bonds. The van der Waals surface area contributed by atoms with Gasteiger partial charge in [0.1, 0.15) is 6.79 Å². The van der Waals surface area contributed by atoms with E-state index < -0.39 is 8.32 Å².